The van der Waals surface area contributed by atoms with Crippen LogP contribution in [0.2, 0.25) is 0 Å². The standard InChI is InChI=1S/C22H36O2.C13H16O2/c1-4-5-6-7-8-9-10-11-12-13-14-19-15-17-20(18-16-19)21(23)22(2,3)24;14-12(11-7-3-1-4-8-11)13(15)9-5-2-6-10-13/h15-18,24H,4-14H2,1-3H3;1,3-4,7-8,15H,2,5-6,9-10H2. The second kappa shape index (κ2) is 17.4. The topological polar surface area (TPSA) is 74.6 Å². The number of hydrogen-bond donors (Lipinski definition) is 2. The Bertz CT molecular complexity index is 950. The van der Waals surface area contributed by atoms with Gasteiger partial charge in [-0.3, -0.25) is 9.59 Å². The highest BCUT2D eigenvalue weighted by molar-refractivity contribution is 6.02. The van der Waals surface area contributed by atoms with Crippen molar-refractivity contribution in [3.63, 3.8) is 0 Å². The third-order valence-corrected chi connectivity index (χ3v) is 7.73. The van der Waals surface area contributed by atoms with Crippen LogP contribution in [0.25, 0.3) is 0 Å². The minimum atomic E-state index is -1.29. The highest BCUT2D eigenvalue weighted by atomic mass is 16.3. The maximum Gasteiger partial charge on any atom is 0.194 e. The highest BCUT2D eigenvalue weighted by Gasteiger charge is 2.37. The first-order chi connectivity index (χ1) is 18.7. The Kier molecular flexibility index (Phi) is 14.7. The van der Waals surface area contributed by atoms with Crippen LogP contribution in [0.3, 0.4) is 0 Å². The lowest BCUT2D eigenvalue weighted by Crippen LogP contribution is -2.40. The van der Waals surface area contributed by atoms with E-state index in [-0.39, 0.29) is 11.6 Å². The predicted molar refractivity (Wildman–Crippen MR) is 161 cm³/mol. The van der Waals surface area contributed by atoms with Crippen molar-refractivity contribution in [1.82, 2.24) is 0 Å². The van der Waals surface area contributed by atoms with Gasteiger partial charge < -0.3 is 10.2 Å². The molecule has 1 fully saturated rings. The molecular formula is C35H52O4. The minimum Gasteiger partial charge on any atom is -0.382 e. The van der Waals surface area contributed by atoms with Gasteiger partial charge in [0.15, 0.2) is 11.6 Å². The summed E-state index contributed by atoms with van der Waals surface area (Å²) >= 11 is 0. The molecule has 1 aliphatic rings. The van der Waals surface area contributed by atoms with Crippen LogP contribution < -0.4 is 0 Å². The quantitative estimate of drug-likeness (QED) is 0.176. The molecule has 0 heterocycles. The second-order valence-corrected chi connectivity index (χ2v) is 11.8. The zero-order chi connectivity index (χ0) is 28.6. The summed E-state index contributed by atoms with van der Waals surface area (Å²) in [4.78, 5) is 24.0. The summed E-state index contributed by atoms with van der Waals surface area (Å²) in [6, 6.07) is 16.8. The van der Waals surface area contributed by atoms with E-state index in [1.807, 2.05) is 42.5 Å². The fraction of sp³-hybridized carbons (Fsp3) is 0.600. The molecule has 2 N–H and O–H groups in total. The van der Waals surface area contributed by atoms with E-state index in [0.717, 1.165) is 25.7 Å². The zero-order valence-corrected chi connectivity index (χ0v) is 24.7. The van der Waals surface area contributed by atoms with Crippen LogP contribution in [0.15, 0.2) is 54.6 Å². The van der Waals surface area contributed by atoms with E-state index < -0.39 is 11.2 Å². The summed E-state index contributed by atoms with van der Waals surface area (Å²) in [5.41, 5.74) is 0.107. The number of hydrogen-bond acceptors (Lipinski definition) is 4. The highest BCUT2D eigenvalue weighted by Crippen LogP contribution is 2.31. The molecule has 1 saturated carbocycles. The lowest BCUT2D eigenvalue weighted by molar-refractivity contribution is 0.0116. The molecule has 0 bridgehead atoms. The van der Waals surface area contributed by atoms with Gasteiger partial charge in [-0.25, -0.2) is 0 Å². The number of rotatable bonds is 15. The van der Waals surface area contributed by atoms with E-state index in [4.69, 9.17) is 0 Å². The van der Waals surface area contributed by atoms with Gasteiger partial charge in [0.25, 0.3) is 0 Å². The van der Waals surface area contributed by atoms with Gasteiger partial charge in [-0.05, 0) is 45.1 Å². The maximum atomic E-state index is 12.1. The van der Waals surface area contributed by atoms with Gasteiger partial charge >= 0.3 is 0 Å². The first kappa shape index (κ1) is 32.9. The van der Waals surface area contributed by atoms with Crippen molar-refractivity contribution in [2.45, 2.75) is 135 Å². The molecule has 216 valence electrons. The van der Waals surface area contributed by atoms with Gasteiger partial charge in [0.1, 0.15) is 11.2 Å². The molecule has 0 aliphatic heterocycles. The van der Waals surface area contributed by atoms with Crippen LogP contribution in [0.4, 0.5) is 0 Å². The van der Waals surface area contributed by atoms with E-state index in [2.05, 4.69) is 6.92 Å². The fourth-order valence-electron chi connectivity index (χ4n) is 5.21. The molecule has 0 aromatic heterocycles. The Balaban J connectivity index is 0.000000302. The SMILES string of the molecule is CCCCCCCCCCCCc1ccc(C(=O)C(C)(C)O)cc1.O=C(c1ccccc1)C1(O)CCCCC1. The van der Waals surface area contributed by atoms with Gasteiger partial charge in [0, 0.05) is 11.1 Å². The van der Waals surface area contributed by atoms with Crippen LogP contribution >= 0.6 is 0 Å². The molecule has 4 nitrogen and oxygen atoms in total. The van der Waals surface area contributed by atoms with E-state index in [1.165, 1.54) is 83.6 Å². The van der Waals surface area contributed by atoms with Crippen molar-refractivity contribution in [2.24, 2.45) is 0 Å². The Morgan fingerprint density at radius 2 is 1.23 bits per heavy atom. The number of carbonyl (C=O) groups is 2. The Labute approximate surface area is 237 Å². The van der Waals surface area contributed by atoms with E-state index >= 15 is 0 Å². The van der Waals surface area contributed by atoms with Gasteiger partial charge in [-0.15, -0.1) is 0 Å². The molecule has 4 heteroatoms. The van der Waals surface area contributed by atoms with Crippen molar-refractivity contribution in [2.75, 3.05) is 0 Å². The second-order valence-electron chi connectivity index (χ2n) is 11.8. The first-order valence-corrected chi connectivity index (χ1v) is 15.4. The number of carbonyl (C=O) groups excluding carboxylic acids is 2. The molecule has 0 atom stereocenters. The third kappa shape index (κ3) is 12.2. The van der Waals surface area contributed by atoms with Crippen LogP contribution in [-0.4, -0.2) is 33.0 Å². The molecule has 3 rings (SSSR count). The molecule has 39 heavy (non-hydrogen) atoms. The number of unbranched alkanes of at least 4 members (excludes halogenated alkanes) is 9. The lowest BCUT2D eigenvalue weighted by Gasteiger charge is -2.30. The molecule has 0 spiro atoms. The van der Waals surface area contributed by atoms with Gasteiger partial charge in [-0.1, -0.05) is 139 Å². The van der Waals surface area contributed by atoms with Gasteiger partial charge in [-0.2, -0.15) is 0 Å². The monoisotopic (exact) mass is 536 g/mol. The number of aliphatic hydroxyl groups is 2. The van der Waals surface area contributed by atoms with Crippen LogP contribution in [0.1, 0.15) is 143 Å². The van der Waals surface area contributed by atoms with Crippen molar-refractivity contribution >= 4 is 11.6 Å². The van der Waals surface area contributed by atoms with E-state index in [0.29, 0.717) is 24.0 Å². The predicted octanol–water partition coefficient (Wildman–Crippen LogP) is 8.67. The van der Waals surface area contributed by atoms with Crippen molar-refractivity contribution < 1.29 is 19.8 Å². The molecular weight excluding hydrogens is 484 g/mol. The molecule has 0 saturated heterocycles. The number of benzene rings is 2. The molecule has 2 aromatic carbocycles. The third-order valence-electron chi connectivity index (χ3n) is 7.73. The summed E-state index contributed by atoms with van der Waals surface area (Å²) in [6.07, 6.45) is 18.9. The number of ketones is 2. The van der Waals surface area contributed by atoms with Crippen LogP contribution in [-0.2, 0) is 6.42 Å². The normalized spacial score (nSPS) is 14.8. The van der Waals surface area contributed by atoms with Gasteiger partial charge in [0.2, 0.25) is 0 Å². The zero-order valence-electron chi connectivity index (χ0n) is 24.7. The maximum absolute atomic E-state index is 12.1. The molecule has 0 amide bonds. The number of Topliss-reactive ketones (excluding diaryl/α,β-unsaturated/α-hetero) is 2. The van der Waals surface area contributed by atoms with Crippen molar-refractivity contribution in [3.05, 3.63) is 71.3 Å². The first-order valence-electron chi connectivity index (χ1n) is 15.4. The smallest absolute Gasteiger partial charge is 0.194 e. The van der Waals surface area contributed by atoms with E-state index in [9.17, 15) is 19.8 Å². The summed E-state index contributed by atoms with van der Waals surface area (Å²) in [5, 5.41) is 20.0. The Morgan fingerprint density at radius 1 is 0.718 bits per heavy atom. The van der Waals surface area contributed by atoms with Crippen LogP contribution in [0, 0.1) is 0 Å². The van der Waals surface area contributed by atoms with E-state index in [1.54, 1.807) is 12.1 Å². The largest absolute Gasteiger partial charge is 0.382 e. The average Bonchev–Trinajstić information content (AvgIpc) is 2.94. The lowest BCUT2D eigenvalue weighted by atomic mass is 9.79. The molecule has 2 aromatic rings. The van der Waals surface area contributed by atoms with Crippen LogP contribution in [0.5, 0.6) is 0 Å². The Hall–Kier alpha value is -2.30. The van der Waals surface area contributed by atoms with Crippen molar-refractivity contribution in [3.8, 4) is 0 Å². The summed E-state index contributed by atoms with van der Waals surface area (Å²) in [6.45, 7) is 5.33. The van der Waals surface area contributed by atoms with Gasteiger partial charge in [0.05, 0.1) is 0 Å². The Morgan fingerprint density at radius 3 is 1.74 bits per heavy atom. The summed E-state index contributed by atoms with van der Waals surface area (Å²) in [5.74, 6) is -0.323. The molecule has 0 unspecified atom stereocenters. The minimum absolute atomic E-state index is 0.109. The fourth-order valence-corrected chi connectivity index (χ4v) is 5.21. The average molecular weight is 537 g/mol. The molecule has 1 aliphatic carbocycles. The summed E-state index contributed by atoms with van der Waals surface area (Å²) in [7, 11) is 0. The molecule has 0 radical (unpaired) electrons. The summed E-state index contributed by atoms with van der Waals surface area (Å²) < 4.78 is 0. The number of aryl methyl sites for hydroxylation is 1. The van der Waals surface area contributed by atoms with Crippen molar-refractivity contribution in [1.29, 1.82) is 0 Å².